The zero-order chi connectivity index (χ0) is 11.4. The molecule has 1 aliphatic rings. The van der Waals surface area contributed by atoms with Gasteiger partial charge in [0.1, 0.15) is 0 Å². The average Bonchev–Trinajstić information content (AvgIpc) is 2.32. The number of benzene rings is 1. The van der Waals surface area contributed by atoms with Gasteiger partial charge in [0.15, 0.2) is 0 Å². The summed E-state index contributed by atoms with van der Waals surface area (Å²) < 4.78 is 1.11. The van der Waals surface area contributed by atoms with Crippen LogP contribution in [-0.4, -0.2) is 6.54 Å². The van der Waals surface area contributed by atoms with Crippen LogP contribution in [0.25, 0.3) is 0 Å². The minimum Gasteiger partial charge on any atom is -0.385 e. The Morgan fingerprint density at radius 1 is 1.25 bits per heavy atom. The summed E-state index contributed by atoms with van der Waals surface area (Å²) in [6.45, 7) is 1.09. The van der Waals surface area contributed by atoms with Crippen molar-refractivity contribution in [3.63, 3.8) is 0 Å². The van der Waals surface area contributed by atoms with E-state index in [1.54, 1.807) is 0 Å². The zero-order valence-corrected chi connectivity index (χ0v) is 12.2. The van der Waals surface area contributed by atoms with Gasteiger partial charge in [-0.1, -0.05) is 30.9 Å². The van der Waals surface area contributed by atoms with Crippen LogP contribution in [0.5, 0.6) is 0 Å². The minimum absolute atomic E-state index is 0.842. The summed E-state index contributed by atoms with van der Waals surface area (Å²) in [5, 5.41) is 4.34. The van der Waals surface area contributed by atoms with Gasteiger partial charge in [0.05, 0.1) is 5.02 Å². The number of nitrogens with one attached hydrogen (secondary N) is 1. The van der Waals surface area contributed by atoms with Gasteiger partial charge in [-0.25, -0.2) is 0 Å². The van der Waals surface area contributed by atoms with Crippen molar-refractivity contribution in [3.8, 4) is 0 Å². The Morgan fingerprint density at radius 3 is 2.69 bits per heavy atom. The SMILES string of the molecule is Clc1cc(NCC2CCCCC2)ccc1I. The predicted octanol–water partition coefficient (Wildman–Crippen LogP) is 4.94. The molecule has 1 N–H and O–H groups in total. The second-order valence-corrected chi connectivity index (χ2v) is 6.08. The molecule has 1 aromatic carbocycles. The summed E-state index contributed by atoms with van der Waals surface area (Å²) in [6.07, 6.45) is 6.99. The largest absolute Gasteiger partial charge is 0.385 e. The molecule has 0 aromatic heterocycles. The van der Waals surface area contributed by atoms with Crippen LogP contribution < -0.4 is 5.32 Å². The van der Waals surface area contributed by atoms with Crippen molar-refractivity contribution in [2.75, 3.05) is 11.9 Å². The van der Waals surface area contributed by atoms with E-state index in [-0.39, 0.29) is 0 Å². The number of hydrogen-bond donors (Lipinski definition) is 1. The molecule has 1 aliphatic carbocycles. The summed E-state index contributed by atoms with van der Waals surface area (Å²) in [7, 11) is 0. The first kappa shape index (κ1) is 12.5. The zero-order valence-electron chi connectivity index (χ0n) is 9.31. The summed E-state index contributed by atoms with van der Waals surface area (Å²) in [5.74, 6) is 0.854. The standard InChI is InChI=1S/C13H17ClIN/c14-12-8-11(6-7-13(12)15)16-9-10-4-2-1-3-5-10/h6-8,10,16H,1-5,9H2. The Balaban J connectivity index is 1.86. The van der Waals surface area contributed by atoms with E-state index in [1.165, 1.54) is 32.1 Å². The van der Waals surface area contributed by atoms with Gasteiger partial charge in [-0.2, -0.15) is 0 Å². The molecule has 0 aliphatic heterocycles. The van der Waals surface area contributed by atoms with Crippen molar-refractivity contribution in [3.05, 3.63) is 26.8 Å². The van der Waals surface area contributed by atoms with Gasteiger partial charge >= 0.3 is 0 Å². The van der Waals surface area contributed by atoms with E-state index in [2.05, 4.69) is 40.0 Å². The lowest BCUT2D eigenvalue weighted by Crippen LogP contribution is -2.17. The molecule has 3 heteroatoms. The number of halogens is 2. The Bertz CT molecular complexity index is 348. The third-order valence-corrected chi connectivity index (χ3v) is 4.81. The van der Waals surface area contributed by atoms with Crippen molar-refractivity contribution in [1.29, 1.82) is 0 Å². The van der Waals surface area contributed by atoms with E-state index in [1.807, 2.05) is 6.07 Å². The number of hydrogen-bond acceptors (Lipinski definition) is 1. The van der Waals surface area contributed by atoms with Gasteiger partial charge < -0.3 is 5.32 Å². The molecule has 0 radical (unpaired) electrons. The minimum atomic E-state index is 0.842. The Kier molecular flexibility index (Phi) is 4.77. The van der Waals surface area contributed by atoms with E-state index in [0.717, 1.165) is 26.7 Å². The number of rotatable bonds is 3. The molecule has 0 bridgehead atoms. The van der Waals surface area contributed by atoms with E-state index >= 15 is 0 Å². The average molecular weight is 350 g/mol. The highest BCUT2D eigenvalue weighted by Gasteiger charge is 2.12. The summed E-state index contributed by atoms with van der Waals surface area (Å²) in [6, 6.07) is 6.19. The van der Waals surface area contributed by atoms with Gasteiger partial charge in [0.2, 0.25) is 0 Å². The van der Waals surface area contributed by atoms with Crippen LogP contribution in [0.2, 0.25) is 5.02 Å². The van der Waals surface area contributed by atoms with Crippen LogP contribution in [-0.2, 0) is 0 Å². The first-order valence-electron chi connectivity index (χ1n) is 5.94. The molecular weight excluding hydrogens is 333 g/mol. The van der Waals surface area contributed by atoms with Crippen molar-refractivity contribution >= 4 is 39.9 Å². The highest BCUT2D eigenvalue weighted by molar-refractivity contribution is 14.1. The third-order valence-electron chi connectivity index (χ3n) is 3.24. The van der Waals surface area contributed by atoms with Gasteiger partial charge in [-0.15, -0.1) is 0 Å². The lowest BCUT2D eigenvalue weighted by Gasteiger charge is -2.22. The van der Waals surface area contributed by atoms with E-state index in [9.17, 15) is 0 Å². The van der Waals surface area contributed by atoms with E-state index < -0.39 is 0 Å². The molecule has 16 heavy (non-hydrogen) atoms. The third kappa shape index (κ3) is 3.52. The molecule has 0 unspecified atom stereocenters. The fourth-order valence-electron chi connectivity index (χ4n) is 2.26. The van der Waals surface area contributed by atoms with Crippen molar-refractivity contribution < 1.29 is 0 Å². The second kappa shape index (κ2) is 6.10. The van der Waals surface area contributed by atoms with Crippen LogP contribution in [0.3, 0.4) is 0 Å². The Hall–Kier alpha value is 0.0400. The monoisotopic (exact) mass is 349 g/mol. The van der Waals surface area contributed by atoms with Crippen LogP contribution in [0, 0.1) is 9.49 Å². The lowest BCUT2D eigenvalue weighted by atomic mass is 9.89. The smallest absolute Gasteiger partial charge is 0.0559 e. The van der Waals surface area contributed by atoms with Crippen LogP contribution in [0.4, 0.5) is 5.69 Å². The van der Waals surface area contributed by atoms with Crippen LogP contribution in [0.1, 0.15) is 32.1 Å². The topological polar surface area (TPSA) is 12.0 Å². The van der Waals surface area contributed by atoms with Crippen molar-refractivity contribution in [1.82, 2.24) is 0 Å². The quantitative estimate of drug-likeness (QED) is 0.762. The van der Waals surface area contributed by atoms with Crippen LogP contribution in [0.15, 0.2) is 18.2 Å². The van der Waals surface area contributed by atoms with Gasteiger partial charge in [-0.05, 0) is 59.5 Å². The first-order chi connectivity index (χ1) is 7.75. The predicted molar refractivity (Wildman–Crippen MR) is 79.2 cm³/mol. The molecule has 88 valence electrons. The maximum atomic E-state index is 6.09. The van der Waals surface area contributed by atoms with E-state index in [0.29, 0.717) is 0 Å². The fraction of sp³-hybridized carbons (Fsp3) is 0.538. The second-order valence-electron chi connectivity index (χ2n) is 4.51. The van der Waals surface area contributed by atoms with Crippen molar-refractivity contribution in [2.45, 2.75) is 32.1 Å². The summed E-state index contributed by atoms with van der Waals surface area (Å²) >= 11 is 8.34. The maximum Gasteiger partial charge on any atom is 0.0559 e. The maximum absolute atomic E-state index is 6.09. The molecule has 0 saturated heterocycles. The molecule has 0 amide bonds. The molecule has 1 fully saturated rings. The fourth-order valence-corrected chi connectivity index (χ4v) is 2.78. The molecule has 1 aromatic rings. The molecule has 0 heterocycles. The normalized spacial score (nSPS) is 17.4. The molecular formula is C13H17ClIN. The van der Waals surface area contributed by atoms with Gasteiger partial charge in [-0.3, -0.25) is 0 Å². The van der Waals surface area contributed by atoms with Crippen LogP contribution >= 0.6 is 34.2 Å². The van der Waals surface area contributed by atoms with E-state index in [4.69, 9.17) is 11.6 Å². The molecule has 0 spiro atoms. The summed E-state index contributed by atoms with van der Waals surface area (Å²) in [5.41, 5.74) is 1.15. The summed E-state index contributed by atoms with van der Waals surface area (Å²) in [4.78, 5) is 0. The molecule has 2 rings (SSSR count). The van der Waals surface area contributed by atoms with Gasteiger partial charge in [0.25, 0.3) is 0 Å². The Labute approximate surface area is 116 Å². The van der Waals surface area contributed by atoms with Crippen molar-refractivity contribution in [2.24, 2.45) is 5.92 Å². The lowest BCUT2D eigenvalue weighted by molar-refractivity contribution is 0.373. The molecule has 1 saturated carbocycles. The number of anilines is 1. The Morgan fingerprint density at radius 2 is 2.00 bits per heavy atom. The molecule has 1 nitrogen and oxygen atoms in total. The first-order valence-corrected chi connectivity index (χ1v) is 7.40. The molecule has 0 atom stereocenters. The van der Waals surface area contributed by atoms with Gasteiger partial charge in [0, 0.05) is 15.8 Å². The highest BCUT2D eigenvalue weighted by Crippen LogP contribution is 2.25. The highest BCUT2D eigenvalue weighted by atomic mass is 127.